The molecule has 6 aliphatic rings. The van der Waals surface area contributed by atoms with E-state index in [1.165, 1.54) is 12.8 Å². The van der Waals surface area contributed by atoms with Crippen molar-refractivity contribution in [2.75, 3.05) is 78.8 Å². The van der Waals surface area contributed by atoms with E-state index in [-0.39, 0.29) is 47.9 Å². The zero-order valence-electron chi connectivity index (χ0n) is 24.1. The molecule has 0 aromatic heterocycles. The smallest absolute Gasteiger partial charge is 0.256 e. The molecule has 0 radical (unpaired) electrons. The quantitative estimate of drug-likeness (QED) is 0.297. The lowest BCUT2D eigenvalue weighted by Crippen LogP contribution is -2.70. The van der Waals surface area contributed by atoms with Crippen LogP contribution in [0.25, 0.3) is 0 Å². The third kappa shape index (κ3) is 6.42. The van der Waals surface area contributed by atoms with Crippen LogP contribution in [0.3, 0.4) is 0 Å². The fraction of sp³-hybridized carbons (Fsp3) is 0.867. The highest BCUT2D eigenvalue weighted by atomic mass is 16.5. The number of nitrogens with one attached hydrogen (secondary N) is 2. The molecule has 224 valence electrons. The summed E-state index contributed by atoms with van der Waals surface area (Å²) in [6.07, 6.45) is 10.3. The molecule has 2 saturated carbocycles. The number of hydrogen-bond donors (Lipinski definition) is 2. The van der Waals surface area contributed by atoms with Crippen LogP contribution in [0.5, 0.6) is 0 Å². The van der Waals surface area contributed by atoms with Gasteiger partial charge in [0, 0.05) is 50.9 Å². The maximum Gasteiger partial charge on any atom is 0.256 e. The average molecular weight is 560 g/mol. The molecule has 40 heavy (non-hydrogen) atoms. The molecule has 6 rings (SSSR count). The molecule has 0 aromatic rings. The Kier molecular flexibility index (Phi) is 9.72. The van der Waals surface area contributed by atoms with Crippen LogP contribution >= 0.6 is 0 Å². The minimum absolute atomic E-state index is 0.0141. The molecule has 6 unspecified atom stereocenters. The van der Waals surface area contributed by atoms with Crippen molar-refractivity contribution < 1.29 is 23.8 Å². The summed E-state index contributed by atoms with van der Waals surface area (Å²) in [4.78, 5) is 34.3. The van der Waals surface area contributed by atoms with Gasteiger partial charge in [-0.1, -0.05) is 12.8 Å². The Labute approximate surface area is 239 Å². The molecular formula is C30H49N5O5. The predicted molar refractivity (Wildman–Crippen MR) is 151 cm³/mol. The van der Waals surface area contributed by atoms with E-state index in [1.54, 1.807) is 0 Å². The molecule has 4 heterocycles. The molecule has 6 atom stereocenters. The zero-order valence-corrected chi connectivity index (χ0v) is 24.1. The largest absolute Gasteiger partial charge is 0.379 e. The highest BCUT2D eigenvalue weighted by molar-refractivity contribution is 6.20. The lowest BCUT2D eigenvalue weighted by Gasteiger charge is -2.58. The van der Waals surface area contributed by atoms with Gasteiger partial charge in [0.1, 0.15) is 0 Å². The normalized spacial score (nSPS) is 35.0. The number of morpholine rings is 3. The van der Waals surface area contributed by atoms with Gasteiger partial charge in [-0.05, 0) is 58.2 Å². The molecular weight excluding hydrogens is 510 g/mol. The Morgan fingerprint density at radius 2 is 1.55 bits per heavy atom. The summed E-state index contributed by atoms with van der Waals surface area (Å²) in [5, 5.41) is 6.89. The second-order valence-corrected chi connectivity index (χ2v) is 12.5. The first-order chi connectivity index (χ1) is 19.7. The van der Waals surface area contributed by atoms with Gasteiger partial charge in [0.2, 0.25) is 0 Å². The fourth-order valence-electron chi connectivity index (χ4n) is 7.82. The van der Waals surface area contributed by atoms with Gasteiger partial charge in [0.15, 0.2) is 5.78 Å². The van der Waals surface area contributed by atoms with Gasteiger partial charge >= 0.3 is 0 Å². The molecule has 0 bridgehead atoms. The van der Waals surface area contributed by atoms with E-state index in [0.717, 1.165) is 111 Å². The maximum absolute atomic E-state index is 13.7. The summed E-state index contributed by atoms with van der Waals surface area (Å²) in [7, 11) is 0. The number of fused-ring (bicyclic) bond motifs is 2. The number of amides is 1. The van der Waals surface area contributed by atoms with Crippen molar-refractivity contribution in [2.45, 2.75) is 81.7 Å². The van der Waals surface area contributed by atoms with Crippen LogP contribution in [0.1, 0.15) is 51.4 Å². The topological polar surface area (TPSA) is 95.6 Å². The van der Waals surface area contributed by atoms with Crippen molar-refractivity contribution in [3.63, 3.8) is 0 Å². The molecule has 1 amide bonds. The fourth-order valence-corrected chi connectivity index (χ4v) is 7.82. The lowest BCUT2D eigenvalue weighted by molar-refractivity contribution is -0.188. The summed E-state index contributed by atoms with van der Waals surface area (Å²) in [5.41, 5.74) is 0.356. The highest BCUT2D eigenvalue weighted by Crippen LogP contribution is 2.44. The number of ketones is 1. The van der Waals surface area contributed by atoms with Crippen molar-refractivity contribution >= 4 is 11.7 Å². The molecule has 4 aliphatic heterocycles. The number of carbonyl (C=O) groups excluding carboxylic acids is 2. The van der Waals surface area contributed by atoms with E-state index in [1.807, 2.05) is 6.20 Å². The number of Topliss-reactive ketones (excluding diaryl/α,β-unsaturated/α-hetero) is 1. The van der Waals surface area contributed by atoms with Crippen molar-refractivity contribution in [3.8, 4) is 0 Å². The minimum Gasteiger partial charge on any atom is -0.379 e. The summed E-state index contributed by atoms with van der Waals surface area (Å²) < 4.78 is 17.7. The van der Waals surface area contributed by atoms with Crippen molar-refractivity contribution in [1.82, 2.24) is 25.3 Å². The van der Waals surface area contributed by atoms with Crippen LogP contribution in [-0.2, 0) is 23.8 Å². The standard InChI is InChI=1S/C30H49N5O5/c36-28-22-7-8-24(31-9-3-11-33-13-17-38-18-14-33)29-27(22)35(25-5-1-2-6-26(25)40-29)21-23(28)30(37)32-10-4-12-34-15-19-39-20-16-34/h21-22,24-27,29,31H,1-20H2,(H,32,37). The predicted octanol–water partition coefficient (Wildman–Crippen LogP) is 0.763. The van der Waals surface area contributed by atoms with Gasteiger partial charge in [-0.2, -0.15) is 0 Å². The summed E-state index contributed by atoms with van der Waals surface area (Å²) in [5.74, 6) is -0.358. The van der Waals surface area contributed by atoms with E-state index < -0.39 is 0 Å². The maximum atomic E-state index is 13.7. The Hall–Kier alpha value is -1.56. The van der Waals surface area contributed by atoms with Gasteiger partial charge in [0.25, 0.3) is 5.91 Å². The minimum atomic E-state index is -0.204. The Balaban J connectivity index is 1.08. The van der Waals surface area contributed by atoms with Crippen LogP contribution in [0.15, 0.2) is 11.8 Å². The van der Waals surface area contributed by atoms with E-state index in [2.05, 4.69) is 25.3 Å². The molecule has 2 N–H and O–H groups in total. The molecule has 10 nitrogen and oxygen atoms in total. The average Bonchev–Trinajstić information content (AvgIpc) is 3.00. The summed E-state index contributed by atoms with van der Waals surface area (Å²) >= 11 is 0. The van der Waals surface area contributed by atoms with Crippen LogP contribution in [0.4, 0.5) is 0 Å². The molecule has 0 spiro atoms. The monoisotopic (exact) mass is 559 g/mol. The number of rotatable bonds is 10. The zero-order chi connectivity index (χ0) is 27.3. The van der Waals surface area contributed by atoms with E-state index in [0.29, 0.717) is 12.1 Å². The van der Waals surface area contributed by atoms with E-state index in [4.69, 9.17) is 14.2 Å². The van der Waals surface area contributed by atoms with Crippen LogP contribution in [0.2, 0.25) is 0 Å². The molecule has 3 saturated heterocycles. The number of nitrogens with zero attached hydrogens (tertiary/aromatic N) is 3. The van der Waals surface area contributed by atoms with E-state index in [9.17, 15) is 9.59 Å². The first-order valence-corrected chi connectivity index (χ1v) is 16.0. The first-order valence-electron chi connectivity index (χ1n) is 16.0. The van der Waals surface area contributed by atoms with Crippen molar-refractivity contribution in [3.05, 3.63) is 11.8 Å². The van der Waals surface area contributed by atoms with Crippen molar-refractivity contribution in [1.29, 1.82) is 0 Å². The number of ether oxygens (including phenoxy) is 3. The molecule has 0 aromatic carbocycles. The van der Waals surface area contributed by atoms with Gasteiger partial charge < -0.3 is 29.7 Å². The Bertz CT molecular complexity index is 905. The lowest BCUT2D eigenvalue weighted by atomic mass is 9.70. The highest BCUT2D eigenvalue weighted by Gasteiger charge is 2.55. The van der Waals surface area contributed by atoms with Gasteiger partial charge in [-0.3, -0.25) is 19.4 Å². The van der Waals surface area contributed by atoms with Gasteiger partial charge in [-0.15, -0.1) is 0 Å². The molecule has 2 aliphatic carbocycles. The molecule has 10 heteroatoms. The second-order valence-electron chi connectivity index (χ2n) is 12.5. The number of carbonyl (C=O) groups is 2. The first kappa shape index (κ1) is 28.6. The van der Waals surface area contributed by atoms with Gasteiger partial charge in [-0.25, -0.2) is 0 Å². The van der Waals surface area contributed by atoms with Crippen LogP contribution in [-0.4, -0.2) is 136 Å². The summed E-state index contributed by atoms with van der Waals surface area (Å²) in [6.45, 7) is 10.8. The van der Waals surface area contributed by atoms with E-state index >= 15 is 0 Å². The molecule has 5 fully saturated rings. The third-order valence-corrected chi connectivity index (χ3v) is 9.99. The Morgan fingerprint density at radius 1 is 0.875 bits per heavy atom. The van der Waals surface area contributed by atoms with Crippen molar-refractivity contribution in [2.24, 2.45) is 5.92 Å². The SMILES string of the molecule is O=C(NCCCN1CCOCC1)C1=CN2C3CCCCC3OC3C(NCCCN4CCOCC4)CCC(C1=O)C32. The second kappa shape index (κ2) is 13.6. The van der Waals surface area contributed by atoms with Crippen LogP contribution in [0, 0.1) is 5.92 Å². The van der Waals surface area contributed by atoms with Crippen LogP contribution < -0.4 is 10.6 Å². The summed E-state index contributed by atoms with van der Waals surface area (Å²) in [6, 6.07) is 0.526. The third-order valence-electron chi connectivity index (χ3n) is 9.99. The Morgan fingerprint density at radius 3 is 2.27 bits per heavy atom. The number of hydrogen-bond acceptors (Lipinski definition) is 9. The van der Waals surface area contributed by atoms with Gasteiger partial charge in [0.05, 0.1) is 56.3 Å².